The summed E-state index contributed by atoms with van der Waals surface area (Å²) < 4.78 is 7.20. The molecule has 0 saturated carbocycles. The van der Waals surface area contributed by atoms with Crippen LogP contribution in [0.2, 0.25) is 0 Å². The summed E-state index contributed by atoms with van der Waals surface area (Å²) in [5.41, 5.74) is 0. The summed E-state index contributed by atoms with van der Waals surface area (Å²) in [5.74, 6) is 2.70. The molecule has 1 aliphatic rings. The SMILES string of the molecule is Cn1ccnc1-c1noc(CC2CCNCC2)n1. The average molecular weight is 247 g/mol. The Labute approximate surface area is 105 Å². The largest absolute Gasteiger partial charge is 0.339 e. The number of nitrogens with one attached hydrogen (secondary N) is 1. The molecule has 0 atom stereocenters. The van der Waals surface area contributed by atoms with Crippen LogP contribution in [0.4, 0.5) is 0 Å². The minimum Gasteiger partial charge on any atom is -0.339 e. The Balaban J connectivity index is 1.71. The van der Waals surface area contributed by atoms with Gasteiger partial charge in [0, 0.05) is 25.9 Å². The van der Waals surface area contributed by atoms with Gasteiger partial charge in [0.05, 0.1) is 0 Å². The van der Waals surface area contributed by atoms with Crippen molar-refractivity contribution in [3.05, 3.63) is 18.3 Å². The topological polar surface area (TPSA) is 68.8 Å². The lowest BCUT2D eigenvalue weighted by molar-refractivity contribution is 0.313. The third-order valence-electron chi connectivity index (χ3n) is 3.41. The molecule has 2 aromatic heterocycles. The lowest BCUT2D eigenvalue weighted by Crippen LogP contribution is -2.28. The second kappa shape index (κ2) is 4.89. The maximum absolute atomic E-state index is 5.31. The van der Waals surface area contributed by atoms with Crippen molar-refractivity contribution in [2.45, 2.75) is 19.3 Å². The van der Waals surface area contributed by atoms with E-state index in [9.17, 15) is 0 Å². The zero-order valence-electron chi connectivity index (χ0n) is 10.5. The Morgan fingerprint density at radius 3 is 3.00 bits per heavy atom. The lowest BCUT2D eigenvalue weighted by Gasteiger charge is -2.20. The molecule has 0 unspecified atom stereocenters. The van der Waals surface area contributed by atoms with E-state index in [1.165, 1.54) is 12.8 Å². The molecule has 0 aromatic carbocycles. The van der Waals surface area contributed by atoms with Crippen LogP contribution in [0.15, 0.2) is 16.9 Å². The van der Waals surface area contributed by atoms with E-state index >= 15 is 0 Å². The van der Waals surface area contributed by atoms with Gasteiger partial charge in [-0.05, 0) is 31.8 Å². The molecule has 2 aromatic rings. The second-order valence-corrected chi connectivity index (χ2v) is 4.77. The molecule has 1 fully saturated rings. The van der Waals surface area contributed by atoms with Crippen LogP contribution in [0.5, 0.6) is 0 Å². The van der Waals surface area contributed by atoms with Gasteiger partial charge in [0.15, 0.2) is 5.82 Å². The van der Waals surface area contributed by atoms with E-state index in [-0.39, 0.29) is 0 Å². The van der Waals surface area contributed by atoms with Crippen LogP contribution in [0.25, 0.3) is 11.6 Å². The van der Waals surface area contributed by atoms with E-state index in [4.69, 9.17) is 4.52 Å². The van der Waals surface area contributed by atoms with Crippen molar-refractivity contribution in [3.8, 4) is 11.6 Å². The highest BCUT2D eigenvalue weighted by Crippen LogP contribution is 2.19. The van der Waals surface area contributed by atoms with Crippen LogP contribution in [0.3, 0.4) is 0 Å². The predicted molar refractivity (Wildman–Crippen MR) is 65.8 cm³/mol. The first-order valence-corrected chi connectivity index (χ1v) is 6.34. The number of piperidine rings is 1. The normalized spacial score (nSPS) is 17.2. The van der Waals surface area contributed by atoms with Gasteiger partial charge in [0.1, 0.15) is 0 Å². The van der Waals surface area contributed by atoms with Crippen molar-refractivity contribution in [1.82, 2.24) is 25.0 Å². The first-order chi connectivity index (χ1) is 8.83. The van der Waals surface area contributed by atoms with Crippen LogP contribution in [0, 0.1) is 5.92 Å². The minimum atomic E-state index is 0.575. The number of hydrogen-bond donors (Lipinski definition) is 1. The van der Waals surface area contributed by atoms with E-state index in [0.717, 1.165) is 31.2 Å². The van der Waals surface area contributed by atoms with Crippen LogP contribution < -0.4 is 5.32 Å². The maximum Gasteiger partial charge on any atom is 0.238 e. The molecule has 0 amide bonds. The third kappa shape index (κ3) is 2.28. The highest BCUT2D eigenvalue weighted by molar-refractivity contribution is 5.42. The van der Waals surface area contributed by atoms with Gasteiger partial charge in [-0.25, -0.2) is 4.98 Å². The average Bonchev–Trinajstić information content (AvgIpc) is 2.99. The quantitative estimate of drug-likeness (QED) is 0.876. The van der Waals surface area contributed by atoms with E-state index < -0.39 is 0 Å². The minimum absolute atomic E-state index is 0.575. The van der Waals surface area contributed by atoms with E-state index in [2.05, 4.69) is 20.4 Å². The fourth-order valence-electron chi connectivity index (χ4n) is 2.34. The predicted octanol–water partition coefficient (Wildman–Crippen LogP) is 1.01. The van der Waals surface area contributed by atoms with Gasteiger partial charge in [-0.15, -0.1) is 0 Å². The third-order valence-corrected chi connectivity index (χ3v) is 3.41. The lowest BCUT2D eigenvalue weighted by atomic mass is 9.95. The number of nitrogens with zero attached hydrogens (tertiary/aromatic N) is 4. The Bertz CT molecular complexity index is 512. The van der Waals surface area contributed by atoms with Gasteiger partial charge in [0.25, 0.3) is 0 Å². The number of imidazole rings is 1. The van der Waals surface area contributed by atoms with Crippen molar-refractivity contribution in [3.63, 3.8) is 0 Å². The fourth-order valence-corrected chi connectivity index (χ4v) is 2.34. The molecule has 0 bridgehead atoms. The number of rotatable bonds is 3. The van der Waals surface area contributed by atoms with Crippen LogP contribution in [-0.2, 0) is 13.5 Å². The summed E-state index contributed by atoms with van der Waals surface area (Å²) in [4.78, 5) is 8.64. The number of hydrogen-bond acceptors (Lipinski definition) is 5. The van der Waals surface area contributed by atoms with Gasteiger partial charge in [-0.1, -0.05) is 5.16 Å². The van der Waals surface area contributed by atoms with Gasteiger partial charge in [-0.3, -0.25) is 0 Å². The Morgan fingerprint density at radius 1 is 1.44 bits per heavy atom. The summed E-state index contributed by atoms with van der Waals surface area (Å²) in [5, 5.41) is 7.36. The Morgan fingerprint density at radius 2 is 2.28 bits per heavy atom. The van der Waals surface area contributed by atoms with Crippen LogP contribution >= 0.6 is 0 Å². The van der Waals surface area contributed by atoms with Crippen LogP contribution in [-0.4, -0.2) is 32.8 Å². The van der Waals surface area contributed by atoms with Crippen molar-refractivity contribution >= 4 is 0 Å². The van der Waals surface area contributed by atoms with Gasteiger partial charge >= 0.3 is 0 Å². The van der Waals surface area contributed by atoms with Crippen molar-refractivity contribution < 1.29 is 4.52 Å². The zero-order chi connectivity index (χ0) is 12.4. The molecule has 0 aliphatic carbocycles. The highest BCUT2D eigenvalue weighted by Gasteiger charge is 2.18. The molecule has 6 heteroatoms. The zero-order valence-corrected chi connectivity index (χ0v) is 10.5. The van der Waals surface area contributed by atoms with Crippen LogP contribution in [0.1, 0.15) is 18.7 Å². The fraction of sp³-hybridized carbons (Fsp3) is 0.583. The molecule has 0 radical (unpaired) electrons. The summed E-state index contributed by atoms with van der Waals surface area (Å²) >= 11 is 0. The van der Waals surface area contributed by atoms with E-state index in [1.54, 1.807) is 6.20 Å². The molecule has 6 nitrogen and oxygen atoms in total. The van der Waals surface area contributed by atoms with Gasteiger partial charge in [0.2, 0.25) is 11.7 Å². The molecule has 96 valence electrons. The van der Waals surface area contributed by atoms with Crippen molar-refractivity contribution in [2.24, 2.45) is 13.0 Å². The standard InChI is InChI=1S/C12H17N5O/c1-17-7-6-14-12(17)11-15-10(18-16-11)8-9-2-4-13-5-3-9/h6-7,9,13H,2-5,8H2,1H3. The molecule has 18 heavy (non-hydrogen) atoms. The van der Waals surface area contributed by atoms with Gasteiger partial charge < -0.3 is 14.4 Å². The van der Waals surface area contributed by atoms with Crippen molar-refractivity contribution in [1.29, 1.82) is 0 Å². The highest BCUT2D eigenvalue weighted by atomic mass is 16.5. The van der Waals surface area contributed by atoms with E-state index in [1.807, 2.05) is 17.8 Å². The molecule has 1 saturated heterocycles. The Kier molecular flexibility index (Phi) is 3.10. The second-order valence-electron chi connectivity index (χ2n) is 4.77. The number of aromatic nitrogens is 4. The summed E-state index contributed by atoms with van der Waals surface area (Å²) in [7, 11) is 1.92. The molecule has 1 aliphatic heterocycles. The smallest absolute Gasteiger partial charge is 0.238 e. The first kappa shape index (κ1) is 11.4. The van der Waals surface area contributed by atoms with Crippen molar-refractivity contribution in [2.75, 3.05) is 13.1 Å². The summed E-state index contributed by atoms with van der Waals surface area (Å²) in [6.07, 6.45) is 6.84. The summed E-state index contributed by atoms with van der Waals surface area (Å²) in [6, 6.07) is 0. The number of aryl methyl sites for hydroxylation is 1. The molecular weight excluding hydrogens is 230 g/mol. The molecule has 1 N–H and O–H groups in total. The first-order valence-electron chi connectivity index (χ1n) is 6.34. The monoisotopic (exact) mass is 247 g/mol. The molecule has 3 rings (SSSR count). The molecule has 0 spiro atoms. The molecule has 3 heterocycles. The Hall–Kier alpha value is -1.69. The maximum atomic E-state index is 5.31. The summed E-state index contributed by atoms with van der Waals surface area (Å²) in [6.45, 7) is 2.18. The molecular formula is C12H17N5O. The van der Waals surface area contributed by atoms with Gasteiger partial charge in [-0.2, -0.15) is 4.98 Å². The van der Waals surface area contributed by atoms with E-state index in [0.29, 0.717) is 11.7 Å².